The van der Waals surface area contributed by atoms with Crippen LogP contribution in [-0.4, -0.2) is 30.4 Å². The summed E-state index contributed by atoms with van der Waals surface area (Å²) in [5.41, 5.74) is 3.96. The van der Waals surface area contributed by atoms with Crippen LogP contribution in [0.3, 0.4) is 0 Å². The molecule has 1 heterocycles. The molecule has 3 aromatic carbocycles. The molecule has 0 saturated carbocycles. The zero-order valence-corrected chi connectivity index (χ0v) is 20.3. The number of anilines is 2. The van der Waals surface area contributed by atoms with Crippen LogP contribution in [0.2, 0.25) is 0 Å². The minimum Gasteiger partial charge on any atom is -0.466 e. The van der Waals surface area contributed by atoms with Gasteiger partial charge >= 0.3 is 5.97 Å². The molecule has 2 amide bonds. The minimum absolute atomic E-state index is 0.0540. The Morgan fingerprint density at radius 3 is 2.26 bits per heavy atom. The van der Waals surface area contributed by atoms with E-state index in [9.17, 15) is 14.4 Å². The highest BCUT2D eigenvalue weighted by atomic mass is 16.5. The molecule has 6 heteroatoms. The van der Waals surface area contributed by atoms with E-state index < -0.39 is 0 Å². The van der Waals surface area contributed by atoms with Crippen LogP contribution in [0.15, 0.2) is 78.9 Å². The van der Waals surface area contributed by atoms with Gasteiger partial charge in [-0.1, -0.05) is 48.5 Å². The van der Waals surface area contributed by atoms with Gasteiger partial charge in [0.1, 0.15) is 0 Å². The lowest BCUT2D eigenvalue weighted by molar-refractivity contribution is -0.142. The second-order valence-electron chi connectivity index (χ2n) is 8.74. The third-order valence-corrected chi connectivity index (χ3v) is 6.32. The van der Waals surface area contributed by atoms with Gasteiger partial charge in [0.15, 0.2) is 0 Å². The summed E-state index contributed by atoms with van der Waals surface area (Å²) < 4.78 is 5.03. The van der Waals surface area contributed by atoms with Crippen molar-refractivity contribution in [1.29, 1.82) is 0 Å². The molecule has 35 heavy (non-hydrogen) atoms. The SMILES string of the molecule is CCOC(=O)Cc1ccc(N(C(C)=O)[C@H]2C[C@@H](C)N(C(=O)c3ccccc3)c3ccccc32)cc1. The average Bonchev–Trinajstić information content (AvgIpc) is 2.85. The van der Waals surface area contributed by atoms with Gasteiger partial charge in [0.05, 0.1) is 19.1 Å². The Hall–Kier alpha value is -3.93. The number of rotatable bonds is 6. The van der Waals surface area contributed by atoms with Gasteiger partial charge in [-0.2, -0.15) is 0 Å². The summed E-state index contributed by atoms with van der Waals surface area (Å²) in [6.07, 6.45) is 0.786. The van der Waals surface area contributed by atoms with Gasteiger partial charge in [-0.25, -0.2) is 0 Å². The fourth-order valence-electron chi connectivity index (χ4n) is 4.79. The maximum Gasteiger partial charge on any atom is 0.310 e. The quantitative estimate of drug-likeness (QED) is 0.457. The molecule has 0 spiro atoms. The van der Waals surface area contributed by atoms with Crippen molar-refractivity contribution in [2.45, 2.75) is 45.7 Å². The number of carbonyl (C=O) groups is 3. The van der Waals surface area contributed by atoms with Crippen LogP contribution in [0, 0.1) is 0 Å². The van der Waals surface area contributed by atoms with Gasteiger partial charge in [-0.05, 0) is 61.7 Å². The van der Waals surface area contributed by atoms with Crippen molar-refractivity contribution in [2.75, 3.05) is 16.4 Å². The molecule has 0 bridgehead atoms. The van der Waals surface area contributed by atoms with E-state index in [1.54, 1.807) is 18.7 Å². The topological polar surface area (TPSA) is 66.9 Å². The lowest BCUT2D eigenvalue weighted by atomic mass is 9.89. The highest BCUT2D eigenvalue weighted by Gasteiger charge is 2.38. The molecular weight excluding hydrogens is 440 g/mol. The van der Waals surface area contributed by atoms with Crippen molar-refractivity contribution in [3.63, 3.8) is 0 Å². The number of hydrogen-bond donors (Lipinski definition) is 0. The lowest BCUT2D eigenvalue weighted by Crippen LogP contribution is -2.47. The maximum atomic E-state index is 13.4. The largest absolute Gasteiger partial charge is 0.466 e. The number of esters is 1. The molecule has 0 saturated heterocycles. The number of para-hydroxylation sites is 1. The number of benzene rings is 3. The van der Waals surface area contributed by atoms with Gasteiger partial charge in [0.25, 0.3) is 5.91 Å². The number of amides is 2. The summed E-state index contributed by atoms with van der Waals surface area (Å²) in [6, 6.07) is 24.1. The standard InChI is InChI=1S/C29H30N2O4/c1-4-35-28(33)19-22-14-16-24(17-15-22)31(21(3)32)27-18-20(2)30(26-13-9-8-12-25(26)27)29(34)23-10-6-5-7-11-23/h5-17,20,27H,4,18-19H2,1-3H3/t20-,27+/m1/s1. The summed E-state index contributed by atoms with van der Waals surface area (Å²) in [7, 11) is 0. The molecule has 3 aromatic rings. The first-order chi connectivity index (χ1) is 16.9. The second-order valence-corrected chi connectivity index (χ2v) is 8.74. The van der Waals surface area contributed by atoms with E-state index >= 15 is 0 Å². The van der Waals surface area contributed by atoms with Crippen molar-refractivity contribution in [1.82, 2.24) is 0 Å². The van der Waals surface area contributed by atoms with Gasteiger partial charge in [-0.15, -0.1) is 0 Å². The number of nitrogens with zero attached hydrogens (tertiary/aromatic N) is 2. The van der Waals surface area contributed by atoms with Crippen LogP contribution >= 0.6 is 0 Å². The van der Waals surface area contributed by atoms with Crippen molar-refractivity contribution in [3.05, 3.63) is 95.6 Å². The third-order valence-electron chi connectivity index (χ3n) is 6.32. The number of ether oxygens (including phenoxy) is 1. The maximum absolute atomic E-state index is 13.4. The van der Waals surface area contributed by atoms with Crippen LogP contribution in [0.1, 0.15) is 54.7 Å². The predicted molar refractivity (Wildman–Crippen MR) is 136 cm³/mol. The van der Waals surface area contributed by atoms with Crippen molar-refractivity contribution in [3.8, 4) is 0 Å². The first kappa shape index (κ1) is 24.2. The highest BCUT2D eigenvalue weighted by molar-refractivity contribution is 6.07. The Labute approximate surface area is 206 Å². The number of fused-ring (bicyclic) bond motifs is 1. The van der Waals surface area contributed by atoms with E-state index in [2.05, 4.69) is 0 Å². The van der Waals surface area contributed by atoms with Gasteiger partial charge in [-0.3, -0.25) is 14.4 Å². The Kier molecular flexibility index (Phi) is 7.30. The summed E-state index contributed by atoms with van der Waals surface area (Å²) in [6.45, 7) is 5.70. The van der Waals surface area contributed by atoms with Crippen molar-refractivity contribution in [2.24, 2.45) is 0 Å². The molecule has 1 aliphatic rings. The third kappa shape index (κ3) is 5.11. The Morgan fingerprint density at radius 2 is 1.60 bits per heavy atom. The summed E-state index contributed by atoms with van der Waals surface area (Å²) in [4.78, 5) is 41.8. The fraction of sp³-hybridized carbons (Fsp3) is 0.276. The molecule has 6 nitrogen and oxygen atoms in total. The molecule has 1 aliphatic heterocycles. The van der Waals surface area contributed by atoms with Crippen LogP contribution in [0.4, 0.5) is 11.4 Å². The smallest absolute Gasteiger partial charge is 0.310 e. The highest BCUT2D eigenvalue weighted by Crippen LogP contribution is 2.42. The fourth-order valence-corrected chi connectivity index (χ4v) is 4.79. The van der Waals surface area contributed by atoms with Gasteiger partial charge < -0.3 is 14.5 Å². The molecule has 180 valence electrons. The predicted octanol–water partition coefficient (Wildman–Crippen LogP) is 5.33. The number of carbonyl (C=O) groups excluding carboxylic acids is 3. The number of hydrogen-bond acceptors (Lipinski definition) is 4. The molecule has 0 N–H and O–H groups in total. The minimum atomic E-state index is -0.276. The van der Waals surface area contributed by atoms with Crippen LogP contribution in [0.5, 0.6) is 0 Å². The summed E-state index contributed by atoms with van der Waals surface area (Å²) >= 11 is 0. The first-order valence-electron chi connectivity index (χ1n) is 11.9. The van der Waals surface area contributed by atoms with Gasteiger partial charge in [0, 0.05) is 29.9 Å². The second kappa shape index (κ2) is 10.6. The summed E-state index contributed by atoms with van der Waals surface area (Å²) in [5, 5.41) is 0. The normalized spacial score (nSPS) is 16.8. The Morgan fingerprint density at radius 1 is 0.943 bits per heavy atom. The lowest BCUT2D eigenvalue weighted by Gasteiger charge is -2.43. The van der Waals surface area contributed by atoms with E-state index in [4.69, 9.17) is 4.74 Å². The molecular formula is C29H30N2O4. The van der Waals surface area contributed by atoms with Crippen LogP contribution < -0.4 is 9.80 Å². The Balaban J connectivity index is 1.67. The average molecular weight is 471 g/mol. The van der Waals surface area contributed by atoms with Crippen LogP contribution in [-0.2, 0) is 20.7 Å². The van der Waals surface area contributed by atoms with E-state index in [-0.39, 0.29) is 36.3 Å². The molecule has 0 unspecified atom stereocenters. The van der Waals surface area contributed by atoms with Gasteiger partial charge in [0.2, 0.25) is 5.91 Å². The van der Waals surface area contributed by atoms with E-state index in [1.165, 1.54) is 0 Å². The summed E-state index contributed by atoms with van der Waals surface area (Å²) in [5.74, 6) is -0.415. The Bertz CT molecular complexity index is 1210. The van der Waals surface area contributed by atoms with E-state index in [1.807, 2.05) is 90.7 Å². The monoisotopic (exact) mass is 470 g/mol. The zero-order valence-electron chi connectivity index (χ0n) is 20.3. The molecule has 2 atom stereocenters. The molecule has 0 aromatic heterocycles. The van der Waals surface area contributed by atoms with Crippen molar-refractivity contribution >= 4 is 29.2 Å². The van der Waals surface area contributed by atoms with E-state index in [0.717, 1.165) is 22.5 Å². The van der Waals surface area contributed by atoms with Crippen LogP contribution in [0.25, 0.3) is 0 Å². The molecule has 0 aliphatic carbocycles. The molecule has 4 rings (SSSR count). The van der Waals surface area contributed by atoms with E-state index in [0.29, 0.717) is 18.6 Å². The molecule has 0 fully saturated rings. The molecule has 0 radical (unpaired) electrons. The van der Waals surface area contributed by atoms with Crippen molar-refractivity contribution < 1.29 is 19.1 Å². The first-order valence-corrected chi connectivity index (χ1v) is 11.9. The zero-order chi connectivity index (χ0) is 24.9.